The molecule has 0 saturated carbocycles. The van der Waals surface area contributed by atoms with E-state index in [2.05, 4.69) is 35.7 Å². The van der Waals surface area contributed by atoms with Gasteiger partial charge in [-0.25, -0.2) is 0 Å². The Morgan fingerprint density at radius 3 is 2.47 bits per heavy atom. The zero-order valence-corrected chi connectivity index (χ0v) is 17.7. The van der Waals surface area contributed by atoms with E-state index in [4.69, 9.17) is 4.74 Å². The fourth-order valence-electron chi connectivity index (χ4n) is 3.80. The number of ether oxygens (including phenoxy) is 1. The third-order valence-corrected chi connectivity index (χ3v) is 5.71. The zero-order chi connectivity index (χ0) is 21.3. The number of nitrogens with one attached hydrogen (secondary N) is 1. The van der Waals surface area contributed by atoms with E-state index in [-0.39, 0.29) is 17.5 Å². The summed E-state index contributed by atoms with van der Waals surface area (Å²) in [6, 6.07) is 20.2. The number of methoxy groups -OCH3 is 1. The van der Waals surface area contributed by atoms with Crippen molar-refractivity contribution in [1.29, 1.82) is 5.26 Å². The van der Waals surface area contributed by atoms with E-state index in [0.717, 1.165) is 30.6 Å². The highest BCUT2D eigenvalue weighted by Gasteiger charge is 2.25. The first-order valence-corrected chi connectivity index (χ1v) is 10.4. The SMILES string of the molecule is COc1ccc(C(C)N/C=C(/C#N)C(=O)N2CCC(Cc3ccccc3)CC2)cc1. The minimum Gasteiger partial charge on any atom is -0.497 e. The van der Waals surface area contributed by atoms with Crippen molar-refractivity contribution in [2.75, 3.05) is 20.2 Å². The van der Waals surface area contributed by atoms with Crippen molar-refractivity contribution in [2.45, 2.75) is 32.2 Å². The monoisotopic (exact) mass is 403 g/mol. The lowest BCUT2D eigenvalue weighted by Gasteiger charge is -2.32. The predicted molar refractivity (Wildman–Crippen MR) is 118 cm³/mol. The number of nitrogens with zero attached hydrogens (tertiary/aromatic N) is 2. The maximum absolute atomic E-state index is 12.8. The Morgan fingerprint density at radius 1 is 1.20 bits per heavy atom. The molecule has 1 aliphatic heterocycles. The maximum atomic E-state index is 12.8. The summed E-state index contributed by atoms with van der Waals surface area (Å²) in [7, 11) is 1.63. The molecule has 0 aliphatic carbocycles. The van der Waals surface area contributed by atoms with Crippen LogP contribution >= 0.6 is 0 Å². The highest BCUT2D eigenvalue weighted by molar-refractivity contribution is 5.97. The van der Waals surface area contributed by atoms with Crippen LogP contribution in [0.25, 0.3) is 0 Å². The highest BCUT2D eigenvalue weighted by atomic mass is 16.5. The second-order valence-electron chi connectivity index (χ2n) is 7.76. The van der Waals surface area contributed by atoms with Gasteiger partial charge in [0, 0.05) is 25.3 Å². The molecule has 1 aliphatic rings. The molecule has 0 aromatic heterocycles. The number of piperidine rings is 1. The number of nitriles is 1. The van der Waals surface area contributed by atoms with E-state index in [1.807, 2.05) is 37.3 Å². The molecule has 3 rings (SSSR count). The van der Waals surface area contributed by atoms with Crippen molar-refractivity contribution in [1.82, 2.24) is 10.2 Å². The Kier molecular flexibility index (Phi) is 7.51. The number of carbonyl (C=O) groups is 1. The average molecular weight is 404 g/mol. The van der Waals surface area contributed by atoms with Crippen LogP contribution in [0, 0.1) is 17.2 Å². The summed E-state index contributed by atoms with van der Waals surface area (Å²) in [4.78, 5) is 14.6. The Morgan fingerprint density at radius 2 is 1.87 bits per heavy atom. The first-order chi connectivity index (χ1) is 14.6. The molecule has 1 atom stereocenters. The number of amides is 1. The van der Waals surface area contributed by atoms with E-state index < -0.39 is 0 Å². The van der Waals surface area contributed by atoms with Crippen LogP contribution in [0.1, 0.15) is 36.9 Å². The maximum Gasteiger partial charge on any atom is 0.265 e. The van der Waals surface area contributed by atoms with Gasteiger partial charge in [0.2, 0.25) is 0 Å². The van der Waals surface area contributed by atoms with Gasteiger partial charge >= 0.3 is 0 Å². The number of hydrogen-bond donors (Lipinski definition) is 1. The van der Waals surface area contributed by atoms with Crippen LogP contribution in [0.4, 0.5) is 0 Å². The first-order valence-electron chi connectivity index (χ1n) is 10.4. The second-order valence-corrected chi connectivity index (χ2v) is 7.76. The van der Waals surface area contributed by atoms with Gasteiger partial charge in [0.15, 0.2) is 0 Å². The number of rotatable bonds is 7. The molecular formula is C25H29N3O2. The van der Waals surface area contributed by atoms with Crippen LogP contribution in [-0.2, 0) is 11.2 Å². The molecule has 2 aromatic carbocycles. The van der Waals surface area contributed by atoms with Gasteiger partial charge < -0.3 is 15.0 Å². The van der Waals surface area contributed by atoms with Crippen LogP contribution in [0.3, 0.4) is 0 Å². The minimum atomic E-state index is -0.190. The Balaban J connectivity index is 1.53. The van der Waals surface area contributed by atoms with Crippen LogP contribution in [-0.4, -0.2) is 31.0 Å². The topological polar surface area (TPSA) is 65.4 Å². The van der Waals surface area contributed by atoms with E-state index in [1.54, 1.807) is 18.2 Å². The number of likely N-dealkylation sites (tertiary alicyclic amines) is 1. The minimum absolute atomic E-state index is 0.0244. The lowest BCUT2D eigenvalue weighted by Crippen LogP contribution is -2.39. The molecule has 30 heavy (non-hydrogen) atoms. The van der Waals surface area contributed by atoms with Gasteiger partial charge in [-0.05, 0) is 55.4 Å². The van der Waals surface area contributed by atoms with E-state index in [9.17, 15) is 10.1 Å². The molecule has 0 radical (unpaired) electrons. The van der Waals surface area contributed by atoms with Gasteiger partial charge in [-0.2, -0.15) is 5.26 Å². The summed E-state index contributed by atoms with van der Waals surface area (Å²) in [5, 5.41) is 12.7. The molecule has 1 heterocycles. The molecule has 1 amide bonds. The predicted octanol–water partition coefficient (Wildman–Crippen LogP) is 4.23. The fraction of sp³-hybridized carbons (Fsp3) is 0.360. The van der Waals surface area contributed by atoms with Gasteiger partial charge in [0.05, 0.1) is 7.11 Å². The van der Waals surface area contributed by atoms with Crippen LogP contribution < -0.4 is 10.1 Å². The molecule has 0 bridgehead atoms. The van der Waals surface area contributed by atoms with Crippen molar-refractivity contribution in [3.8, 4) is 11.8 Å². The number of carbonyl (C=O) groups excluding carboxylic acids is 1. The summed E-state index contributed by atoms with van der Waals surface area (Å²) in [6.45, 7) is 3.39. The third kappa shape index (κ3) is 5.64. The van der Waals surface area contributed by atoms with Gasteiger partial charge in [-0.3, -0.25) is 4.79 Å². The molecule has 1 saturated heterocycles. The largest absolute Gasteiger partial charge is 0.497 e. The van der Waals surface area contributed by atoms with Crippen molar-refractivity contribution >= 4 is 5.91 Å². The molecule has 2 aromatic rings. The molecule has 1 N–H and O–H groups in total. The lowest BCUT2D eigenvalue weighted by atomic mass is 9.90. The van der Waals surface area contributed by atoms with Gasteiger partial charge in [0.1, 0.15) is 17.4 Å². The molecule has 0 spiro atoms. The quantitative estimate of drug-likeness (QED) is 0.555. The Bertz CT molecular complexity index is 892. The van der Waals surface area contributed by atoms with E-state index in [1.165, 1.54) is 5.56 Å². The number of benzene rings is 2. The van der Waals surface area contributed by atoms with Crippen LogP contribution in [0.5, 0.6) is 5.75 Å². The van der Waals surface area contributed by atoms with Gasteiger partial charge in [-0.15, -0.1) is 0 Å². The summed E-state index contributed by atoms with van der Waals surface area (Å²) in [6.07, 6.45) is 4.53. The average Bonchev–Trinajstić information content (AvgIpc) is 2.80. The lowest BCUT2D eigenvalue weighted by molar-refractivity contribution is -0.128. The van der Waals surface area contributed by atoms with E-state index >= 15 is 0 Å². The smallest absolute Gasteiger partial charge is 0.265 e. The molecule has 156 valence electrons. The molecule has 1 unspecified atom stereocenters. The number of hydrogen-bond acceptors (Lipinski definition) is 4. The summed E-state index contributed by atoms with van der Waals surface area (Å²) >= 11 is 0. The zero-order valence-electron chi connectivity index (χ0n) is 17.7. The van der Waals surface area contributed by atoms with E-state index in [0.29, 0.717) is 19.0 Å². The van der Waals surface area contributed by atoms with Crippen LogP contribution in [0.15, 0.2) is 66.4 Å². The van der Waals surface area contributed by atoms with Crippen molar-refractivity contribution < 1.29 is 9.53 Å². The second kappa shape index (κ2) is 10.5. The van der Waals surface area contributed by atoms with Crippen molar-refractivity contribution in [2.24, 2.45) is 5.92 Å². The first kappa shape index (κ1) is 21.4. The normalized spacial score (nSPS) is 15.9. The third-order valence-electron chi connectivity index (χ3n) is 5.71. The summed E-state index contributed by atoms with van der Waals surface area (Å²) < 4.78 is 5.18. The molecular weight excluding hydrogens is 374 g/mol. The molecule has 5 heteroatoms. The molecule has 5 nitrogen and oxygen atoms in total. The standard InChI is InChI=1S/C25H29N3O2/c1-19(22-8-10-24(30-2)11-9-22)27-18-23(17-26)25(29)28-14-12-21(13-15-28)16-20-6-4-3-5-7-20/h3-11,18-19,21,27H,12-16H2,1-2H3/b23-18-. The van der Waals surface area contributed by atoms with Gasteiger partial charge in [-0.1, -0.05) is 42.5 Å². The van der Waals surface area contributed by atoms with Crippen molar-refractivity contribution in [3.63, 3.8) is 0 Å². The van der Waals surface area contributed by atoms with Gasteiger partial charge in [0.25, 0.3) is 5.91 Å². The summed E-state index contributed by atoms with van der Waals surface area (Å²) in [5.74, 6) is 1.19. The highest BCUT2D eigenvalue weighted by Crippen LogP contribution is 2.23. The Labute approximate surface area is 179 Å². The van der Waals surface area contributed by atoms with Crippen LogP contribution in [0.2, 0.25) is 0 Å². The summed E-state index contributed by atoms with van der Waals surface area (Å²) in [5.41, 5.74) is 2.55. The van der Waals surface area contributed by atoms with Crippen molar-refractivity contribution in [3.05, 3.63) is 77.5 Å². The Hall–Kier alpha value is -3.26. The fourth-order valence-corrected chi connectivity index (χ4v) is 3.80. The molecule has 1 fully saturated rings.